The van der Waals surface area contributed by atoms with E-state index >= 15 is 0 Å². The molecule has 0 unspecified atom stereocenters. The summed E-state index contributed by atoms with van der Waals surface area (Å²) < 4.78 is 5.33. The fourth-order valence-corrected chi connectivity index (χ4v) is 2.74. The number of hydrogen-bond acceptors (Lipinski definition) is 4. The molecule has 0 spiro atoms. The van der Waals surface area contributed by atoms with Crippen LogP contribution >= 0.6 is 11.3 Å². The summed E-state index contributed by atoms with van der Waals surface area (Å²) in [7, 11) is 0. The number of aryl methyl sites for hydroxylation is 2. The van der Waals surface area contributed by atoms with E-state index in [9.17, 15) is 4.79 Å². The van der Waals surface area contributed by atoms with E-state index in [0.29, 0.717) is 17.9 Å². The summed E-state index contributed by atoms with van der Waals surface area (Å²) in [6.45, 7) is 4.26. The number of benzene rings is 1. The standard InChI is InChI=1S/C15H17NO2S/c1-3-11-7-8-12(19-11)9-18-15(17)14-10(2)5-4-6-13(14)16/h4-8H,3,9,16H2,1-2H3. The van der Waals surface area contributed by atoms with E-state index in [-0.39, 0.29) is 5.97 Å². The van der Waals surface area contributed by atoms with Gasteiger partial charge in [0.1, 0.15) is 6.61 Å². The van der Waals surface area contributed by atoms with E-state index in [1.54, 1.807) is 17.4 Å². The van der Waals surface area contributed by atoms with Gasteiger partial charge in [-0.2, -0.15) is 0 Å². The van der Waals surface area contributed by atoms with Crippen LogP contribution in [0.3, 0.4) is 0 Å². The van der Waals surface area contributed by atoms with Gasteiger partial charge >= 0.3 is 5.97 Å². The predicted octanol–water partition coefficient (Wildman–Crippen LogP) is 3.56. The van der Waals surface area contributed by atoms with Crippen molar-refractivity contribution in [1.29, 1.82) is 0 Å². The summed E-state index contributed by atoms with van der Waals surface area (Å²) in [4.78, 5) is 14.4. The molecule has 100 valence electrons. The molecule has 1 aromatic heterocycles. The Balaban J connectivity index is 2.05. The largest absolute Gasteiger partial charge is 0.456 e. The highest BCUT2D eigenvalue weighted by molar-refractivity contribution is 7.11. The molecule has 4 heteroatoms. The Morgan fingerprint density at radius 2 is 2.00 bits per heavy atom. The van der Waals surface area contributed by atoms with Crippen molar-refractivity contribution in [2.24, 2.45) is 0 Å². The van der Waals surface area contributed by atoms with Gasteiger partial charge in [0.2, 0.25) is 0 Å². The van der Waals surface area contributed by atoms with E-state index < -0.39 is 0 Å². The molecular weight excluding hydrogens is 258 g/mol. The Kier molecular flexibility index (Phi) is 4.22. The monoisotopic (exact) mass is 275 g/mol. The van der Waals surface area contributed by atoms with E-state index in [2.05, 4.69) is 13.0 Å². The Hall–Kier alpha value is -1.81. The molecule has 0 fully saturated rings. The van der Waals surface area contributed by atoms with Crippen molar-refractivity contribution in [1.82, 2.24) is 0 Å². The number of carbonyl (C=O) groups is 1. The van der Waals surface area contributed by atoms with Crippen LogP contribution in [-0.2, 0) is 17.8 Å². The van der Waals surface area contributed by atoms with Gasteiger partial charge in [0.15, 0.2) is 0 Å². The number of nitrogen functional groups attached to an aromatic ring is 1. The van der Waals surface area contributed by atoms with E-state index in [1.807, 2.05) is 25.1 Å². The van der Waals surface area contributed by atoms with Crippen molar-refractivity contribution in [3.05, 3.63) is 51.2 Å². The number of anilines is 1. The first kappa shape index (κ1) is 13.6. The fraction of sp³-hybridized carbons (Fsp3) is 0.267. The minimum absolute atomic E-state index is 0.303. The summed E-state index contributed by atoms with van der Waals surface area (Å²) in [5.74, 6) is -0.359. The highest BCUT2D eigenvalue weighted by Crippen LogP contribution is 2.21. The first-order valence-corrected chi connectivity index (χ1v) is 7.03. The molecule has 0 aliphatic carbocycles. The summed E-state index contributed by atoms with van der Waals surface area (Å²) in [5, 5.41) is 0. The minimum Gasteiger partial charge on any atom is -0.456 e. The Morgan fingerprint density at radius 1 is 1.26 bits per heavy atom. The second-order valence-corrected chi connectivity index (χ2v) is 5.59. The SMILES string of the molecule is CCc1ccc(COC(=O)c2c(C)cccc2N)s1. The fourth-order valence-electron chi connectivity index (χ4n) is 1.87. The topological polar surface area (TPSA) is 52.3 Å². The molecule has 2 N–H and O–H groups in total. The average molecular weight is 275 g/mol. The van der Waals surface area contributed by atoms with Gasteiger partial charge in [0.05, 0.1) is 5.56 Å². The molecule has 0 bridgehead atoms. The lowest BCUT2D eigenvalue weighted by atomic mass is 10.1. The molecule has 0 amide bonds. The van der Waals surface area contributed by atoms with Crippen molar-refractivity contribution >= 4 is 23.0 Å². The lowest BCUT2D eigenvalue weighted by molar-refractivity contribution is 0.0477. The molecule has 1 aromatic carbocycles. The van der Waals surface area contributed by atoms with Gasteiger partial charge < -0.3 is 10.5 Å². The van der Waals surface area contributed by atoms with Gasteiger partial charge in [0, 0.05) is 15.4 Å². The molecule has 0 saturated carbocycles. The maximum Gasteiger partial charge on any atom is 0.340 e. The van der Waals surface area contributed by atoms with Crippen LogP contribution in [0.15, 0.2) is 30.3 Å². The highest BCUT2D eigenvalue weighted by atomic mass is 32.1. The van der Waals surface area contributed by atoms with Gasteiger partial charge in [-0.1, -0.05) is 19.1 Å². The molecule has 3 nitrogen and oxygen atoms in total. The predicted molar refractivity (Wildman–Crippen MR) is 78.4 cm³/mol. The van der Waals surface area contributed by atoms with Crippen LogP contribution in [-0.4, -0.2) is 5.97 Å². The maximum atomic E-state index is 12.0. The summed E-state index contributed by atoms with van der Waals surface area (Å²) >= 11 is 1.67. The van der Waals surface area contributed by atoms with Crippen LogP contribution in [0, 0.1) is 6.92 Å². The molecule has 0 atom stereocenters. The third-order valence-corrected chi connectivity index (χ3v) is 4.12. The van der Waals surface area contributed by atoms with Crippen molar-refractivity contribution < 1.29 is 9.53 Å². The van der Waals surface area contributed by atoms with Crippen molar-refractivity contribution in [3.63, 3.8) is 0 Å². The molecule has 0 aliphatic rings. The Morgan fingerprint density at radius 3 is 2.63 bits per heavy atom. The number of hydrogen-bond donors (Lipinski definition) is 1. The lowest BCUT2D eigenvalue weighted by Gasteiger charge is -2.08. The van der Waals surface area contributed by atoms with Crippen molar-refractivity contribution in [2.45, 2.75) is 26.9 Å². The van der Waals surface area contributed by atoms with Crippen LogP contribution in [0.1, 0.15) is 32.6 Å². The molecule has 0 saturated heterocycles. The number of esters is 1. The van der Waals surface area contributed by atoms with Crippen LogP contribution < -0.4 is 5.73 Å². The Labute approximate surface area is 117 Å². The first-order chi connectivity index (χ1) is 9.11. The van der Waals surface area contributed by atoms with Gasteiger partial charge in [-0.15, -0.1) is 11.3 Å². The van der Waals surface area contributed by atoms with Gasteiger partial charge in [-0.3, -0.25) is 0 Å². The molecular formula is C15H17NO2S. The van der Waals surface area contributed by atoms with Crippen molar-refractivity contribution in [2.75, 3.05) is 5.73 Å². The van der Waals surface area contributed by atoms with E-state index in [0.717, 1.165) is 16.9 Å². The van der Waals surface area contributed by atoms with E-state index in [1.165, 1.54) is 4.88 Å². The van der Waals surface area contributed by atoms with E-state index in [4.69, 9.17) is 10.5 Å². The summed E-state index contributed by atoms with van der Waals surface area (Å²) in [6, 6.07) is 9.46. The van der Waals surface area contributed by atoms with Crippen LogP contribution in [0.25, 0.3) is 0 Å². The highest BCUT2D eigenvalue weighted by Gasteiger charge is 2.14. The summed E-state index contributed by atoms with van der Waals surface area (Å²) in [6.07, 6.45) is 1.00. The first-order valence-electron chi connectivity index (χ1n) is 6.21. The smallest absolute Gasteiger partial charge is 0.340 e. The van der Waals surface area contributed by atoms with Crippen molar-refractivity contribution in [3.8, 4) is 0 Å². The zero-order valence-electron chi connectivity index (χ0n) is 11.1. The number of nitrogens with two attached hydrogens (primary N) is 1. The molecule has 0 aliphatic heterocycles. The number of thiophene rings is 1. The number of rotatable bonds is 4. The van der Waals surface area contributed by atoms with Crippen LogP contribution in [0.2, 0.25) is 0 Å². The summed E-state index contributed by atoms with van der Waals surface area (Å²) in [5.41, 5.74) is 7.59. The third-order valence-electron chi connectivity index (χ3n) is 2.92. The van der Waals surface area contributed by atoms with Gasteiger partial charge in [-0.25, -0.2) is 4.79 Å². The normalized spacial score (nSPS) is 10.4. The van der Waals surface area contributed by atoms with Crippen LogP contribution in [0.5, 0.6) is 0 Å². The molecule has 19 heavy (non-hydrogen) atoms. The molecule has 0 radical (unpaired) electrons. The second-order valence-electron chi connectivity index (χ2n) is 4.34. The van der Waals surface area contributed by atoms with Gasteiger partial charge in [0.25, 0.3) is 0 Å². The molecule has 2 aromatic rings. The van der Waals surface area contributed by atoms with Gasteiger partial charge in [-0.05, 0) is 37.1 Å². The molecule has 1 heterocycles. The average Bonchev–Trinajstić information content (AvgIpc) is 2.84. The molecule has 2 rings (SSSR count). The Bertz CT molecular complexity index is 569. The minimum atomic E-state index is -0.359. The van der Waals surface area contributed by atoms with Crippen LogP contribution in [0.4, 0.5) is 5.69 Å². The quantitative estimate of drug-likeness (QED) is 0.685. The number of ether oxygens (including phenoxy) is 1. The third kappa shape index (κ3) is 3.15. The maximum absolute atomic E-state index is 12.0. The second kappa shape index (κ2) is 5.89. The number of carbonyl (C=O) groups excluding carboxylic acids is 1. The zero-order chi connectivity index (χ0) is 13.8. The lowest BCUT2D eigenvalue weighted by Crippen LogP contribution is -2.09. The zero-order valence-corrected chi connectivity index (χ0v) is 11.9.